The molecule has 2 aromatic carbocycles. The van der Waals surface area contributed by atoms with Crippen LogP contribution in [0.25, 0.3) is 0 Å². The number of halogens is 2. The molecule has 1 aromatic heterocycles. The molecule has 0 saturated heterocycles. The fraction of sp³-hybridized carbons (Fsp3) is 0.111. The maximum absolute atomic E-state index is 13.1. The van der Waals surface area contributed by atoms with Crippen molar-refractivity contribution in [1.29, 1.82) is 0 Å². The highest BCUT2D eigenvalue weighted by Crippen LogP contribution is 2.15. The number of nitrogens with zero attached hydrogens (tertiary/aromatic N) is 3. The number of hydrogen-bond acceptors (Lipinski definition) is 6. The van der Waals surface area contributed by atoms with Crippen molar-refractivity contribution < 1.29 is 13.6 Å². The zero-order valence-corrected chi connectivity index (χ0v) is 15.6. The van der Waals surface area contributed by atoms with Crippen molar-refractivity contribution in [1.82, 2.24) is 15.2 Å². The van der Waals surface area contributed by atoms with Gasteiger partial charge in [0, 0.05) is 5.69 Å². The van der Waals surface area contributed by atoms with Crippen molar-refractivity contribution in [3.8, 4) is 0 Å². The van der Waals surface area contributed by atoms with E-state index in [4.69, 9.17) is 0 Å². The number of thioether (sulfide) groups is 1. The molecule has 0 aliphatic carbocycles. The number of aromatic nitrogens is 3. The van der Waals surface area contributed by atoms with E-state index in [-0.39, 0.29) is 17.5 Å². The number of anilines is 2. The van der Waals surface area contributed by atoms with Crippen LogP contribution in [0, 0.1) is 11.6 Å². The van der Waals surface area contributed by atoms with Crippen molar-refractivity contribution in [3.05, 3.63) is 65.7 Å². The quantitative estimate of drug-likeness (QED) is 0.319. The Labute approximate surface area is 163 Å². The summed E-state index contributed by atoms with van der Waals surface area (Å²) in [6, 6.07) is 11.6. The van der Waals surface area contributed by atoms with Crippen LogP contribution in [0.4, 0.5) is 20.4 Å². The molecule has 1 amide bonds. The molecular weight excluding hydrogens is 386 g/mol. The van der Waals surface area contributed by atoms with E-state index in [2.05, 4.69) is 31.0 Å². The molecule has 28 heavy (non-hydrogen) atoms. The molecule has 0 bridgehead atoms. The van der Waals surface area contributed by atoms with Gasteiger partial charge in [0.15, 0.2) is 0 Å². The van der Waals surface area contributed by atoms with E-state index in [1.54, 1.807) is 25.1 Å². The Balaban J connectivity index is 1.50. The molecule has 0 radical (unpaired) electrons. The molecule has 7 nitrogen and oxygen atoms in total. The summed E-state index contributed by atoms with van der Waals surface area (Å²) >= 11 is 1.12. The molecule has 0 aliphatic heterocycles. The number of carbonyl (C=O) groups is 1. The van der Waals surface area contributed by atoms with E-state index in [1.165, 1.54) is 30.3 Å². The van der Waals surface area contributed by atoms with Crippen LogP contribution in [0.3, 0.4) is 0 Å². The lowest BCUT2D eigenvalue weighted by atomic mass is 10.1. The summed E-state index contributed by atoms with van der Waals surface area (Å²) in [5, 5.41) is 13.7. The third-order valence-electron chi connectivity index (χ3n) is 3.50. The summed E-state index contributed by atoms with van der Waals surface area (Å²) in [5.41, 5.74) is 4.50. The molecule has 0 unspecified atom stereocenters. The first-order valence-electron chi connectivity index (χ1n) is 8.16. The maximum atomic E-state index is 13.1. The van der Waals surface area contributed by atoms with Gasteiger partial charge in [-0.3, -0.25) is 4.79 Å². The summed E-state index contributed by atoms with van der Waals surface area (Å²) in [7, 11) is 0. The zero-order chi connectivity index (χ0) is 19.9. The average Bonchev–Trinajstić information content (AvgIpc) is 3.13. The first-order valence-corrected chi connectivity index (χ1v) is 9.15. The Kier molecular flexibility index (Phi) is 6.33. The van der Waals surface area contributed by atoms with Gasteiger partial charge in [0.25, 0.3) is 0 Å². The maximum Gasteiger partial charge on any atom is 0.240 e. The molecule has 3 rings (SSSR count). The fourth-order valence-corrected chi connectivity index (χ4v) is 2.75. The van der Waals surface area contributed by atoms with Gasteiger partial charge >= 0.3 is 0 Å². The van der Waals surface area contributed by atoms with Gasteiger partial charge in [0.1, 0.15) is 11.6 Å². The molecule has 0 spiro atoms. The Bertz CT molecular complexity index is 990. The van der Waals surface area contributed by atoms with Crippen molar-refractivity contribution in [2.75, 3.05) is 16.5 Å². The van der Waals surface area contributed by atoms with Crippen molar-refractivity contribution in [2.45, 2.75) is 12.1 Å². The van der Waals surface area contributed by atoms with Crippen LogP contribution in [0.5, 0.6) is 0 Å². The highest BCUT2D eigenvalue weighted by Gasteiger charge is 2.08. The summed E-state index contributed by atoms with van der Waals surface area (Å²) in [6.45, 7) is 1.77. The summed E-state index contributed by atoms with van der Waals surface area (Å²) in [6.07, 6.45) is 0. The van der Waals surface area contributed by atoms with Crippen LogP contribution in [0.1, 0.15) is 12.5 Å². The van der Waals surface area contributed by atoms with E-state index < -0.39 is 5.82 Å². The van der Waals surface area contributed by atoms with Gasteiger partial charge < -0.3 is 5.32 Å². The first-order chi connectivity index (χ1) is 13.5. The number of carbonyl (C=O) groups excluding carboxylic acids is 1. The minimum Gasteiger partial charge on any atom is -0.325 e. The van der Waals surface area contributed by atoms with Gasteiger partial charge in [0.2, 0.25) is 17.0 Å². The normalized spacial score (nSPS) is 11.3. The number of rotatable bonds is 7. The smallest absolute Gasteiger partial charge is 0.240 e. The van der Waals surface area contributed by atoms with Gasteiger partial charge in [0.05, 0.1) is 11.5 Å². The van der Waals surface area contributed by atoms with E-state index in [9.17, 15) is 13.6 Å². The Hall–Kier alpha value is -3.27. The topological polar surface area (TPSA) is 95.1 Å². The van der Waals surface area contributed by atoms with Gasteiger partial charge in [-0.1, -0.05) is 30.0 Å². The molecule has 0 saturated carbocycles. The van der Waals surface area contributed by atoms with Crippen molar-refractivity contribution >= 4 is 35.0 Å². The summed E-state index contributed by atoms with van der Waals surface area (Å²) in [4.78, 5) is 16.1. The van der Waals surface area contributed by atoms with E-state index in [0.717, 1.165) is 17.3 Å². The molecular formula is C18H16F2N6OS. The SMILES string of the molecule is C/C(=N\Nc1nc(SCC(=O)Nc2cccc(F)c2)n[nH]1)c1ccc(F)cc1. The number of nitrogens with one attached hydrogen (secondary N) is 3. The van der Waals surface area contributed by atoms with E-state index in [0.29, 0.717) is 22.5 Å². The largest absolute Gasteiger partial charge is 0.325 e. The van der Waals surface area contributed by atoms with Gasteiger partial charge in [-0.05, 0) is 42.8 Å². The van der Waals surface area contributed by atoms with Crippen LogP contribution >= 0.6 is 11.8 Å². The molecule has 1 heterocycles. The van der Waals surface area contributed by atoms with Crippen molar-refractivity contribution in [3.63, 3.8) is 0 Å². The second-order valence-electron chi connectivity index (χ2n) is 5.63. The minimum absolute atomic E-state index is 0.0612. The molecule has 144 valence electrons. The van der Waals surface area contributed by atoms with Crippen molar-refractivity contribution in [2.24, 2.45) is 5.10 Å². The standard InChI is InChI=1S/C18H16F2N6OS/c1-11(12-5-7-13(19)8-6-12)23-24-17-22-18(26-25-17)28-10-16(27)21-15-4-2-3-14(20)9-15/h2-9H,10H2,1H3,(H,21,27)(H2,22,24,25,26)/b23-11+. The Morgan fingerprint density at radius 3 is 2.71 bits per heavy atom. The number of amides is 1. The molecule has 3 aromatic rings. The van der Waals surface area contributed by atoms with Gasteiger partial charge in [-0.15, -0.1) is 5.10 Å². The molecule has 0 fully saturated rings. The highest BCUT2D eigenvalue weighted by molar-refractivity contribution is 7.99. The zero-order valence-electron chi connectivity index (χ0n) is 14.7. The summed E-state index contributed by atoms with van der Waals surface area (Å²) in [5.74, 6) is -0.685. The van der Waals surface area contributed by atoms with Crippen LogP contribution in [0.2, 0.25) is 0 Å². The second-order valence-corrected chi connectivity index (χ2v) is 6.57. The molecule has 10 heteroatoms. The Morgan fingerprint density at radius 1 is 1.18 bits per heavy atom. The van der Waals surface area contributed by atoms with E-state index in [1.807, 2.05) is 0 Å². The van der Waals surface area contributed by atoms with Crippen LogP contribution in [0.15, 0.2) is 58.8 Å². The van der Waals surface area contributed by atoms with E-state index >= 15 is 0 Å². The third kappa shape index (κ3) is 5.61. The summed E-state index contributed by atoms with van der Waals surface area (Å²) < 4.78 is 26.1. The van der Waals surface area contributed by atoms with Crippen LogP contribution in [-0.2, 0) is 4.79 Å². The lowest BCUT2D eigenvalue weighted by Crippen LogP contribution is -2.14. The predicted octanol–water partition coefficient (Wildman–Crippen LogP) is 3.65. The number of H-pyrrole nitrogens is 1. The number of hydrogen-bond donors (Lipinski definition) is 3. The highest BCUT2D eigenvalue weighted by atomic mass is 32.2. The first kappa shape index (κ1) is 19.5. The van der Waals surface area contributed by atoms with Gasteiger partial charge in [-0.2, -0.15) is 10.1 Å². The predicted molar refractivity (Wildman–Crippen MR) is 104 cm³/mol. The average molecular weight is 402 g/mol. The Morgan fingerprint density at radius 2 is 1.96 bits per heavy atom. The van der Waals surface area contributed by atoms with Gasteiger partial charge in [-0.25, -0.2) is 19.3 Å². The molecule has 3 N–H and O–H groups in total. The molecule has 0 aliphatic rings. The lowest BCUT2D eigenvalue weighted by Gasteiger charge is -2.03. The second kappa shape index (κ2) is 9.09. The minimum atomic E-state index is -0.424. The van der Waals surface area contributed by atoms with Crippen LogP contribution < -0.4 is 10.7 Å². The number of benzene rings is 2. The van der Waals surface area contributed by atoms with Crippen LogP contribution in [-0.4, -0.2) is 32.6 Å². The lowest BCUT2D eigenvalue weighted by molar-refractivity contribution is -0.113. The monoisotopic (exact) mass is 402 g/mol. The third-order valence-corrected chi connectivity index (χ3v) is 4.34. The number of aromatic amines is 1. The number of hydrazone groups is 1. The molecule has 0 atom stereocenters. The fourth-order valence-electron chi connectivity index (χ4n) is 2.15.